The summed E-state index contributed by atoms with van der Waals surface area (Å²) in [5.41, 5.74) is -1.58. The Morgan fingerprint density at radius 3 is 1.67 bits per heavy atom. The maximum absolute atomic E-state index is 13.9. The number of carbonyl (C=O) groups excluding carboxylic acids is 2. The number of esters is 2. The summed E-state index contributed by atoms with van der Waals surface area (Å²) in [6, 6.07) is 0. The average molecular weight is 546 g/mol. The predicted molar refractivity (Wildman–Crippen MR) is 97.5 cm³/mol. The lowest BCUT2D eigenvalue weighted by Gasteiger charge is -2.59. The van der Waals surface area contributed by atoms with Crippen molar-refractivity contribution in [2.45, 2.75) is 74.0 Å². The van der Waals surface area contributed by atoms with Crippen LogP contribution in [0.25, 0.3) is 0 Å². The molecule has 206 valence electrons. The van der Waals surface area contributed by atoms with E-state index in [1.807, 2.05) is 0 Å². The molecule has 0 aromatic heterocycles. The average Bonchev–Trinajstić information content (AvgIpc) is 2.74. The number of alkyl halides is 11. The van der Waals surface area contributed by atoms with Crippen LogP contribution in [0, 0.1) is 23.7 Å². The molecule has 0 aliphatic heterocycles. The summed E-state index contributed by atoms with van der Waals surface area (Å²) < 4.78 is 154. The highest BCUT2D eigenvalue weighted by atomic mass is 19.4. The van der Waals surface area contributed by atoms with Crippen molar-refractivity contribution in [1.82, 2.24) is 0 Å². The van der Waals surface area contributed by atoms with Crippen LogP contribution in [0.4, 0.5) is 48.3 Å². The zero-order valence-electron chi connectivity index (χ0n) is 18.3. The second-order valence-electron chi connectivity index (χ2n) is 9.65. The Labute approximate surface area is 197 Å². The third-order valence-electron chi connectivity index (χ3n) is 7.42. The lowest BCUT2D eigenvalue weighted by Crippen LogP contribution is -2.67. The van der Waals surface area contributed by atoms with E-state index in [0.717, 1.165) is 12.5 Å². The van der Waals surface area contributed by atoms with E-state index in [1.165, 1.54) is 0 Å². The van der Waals surface area contributed by atoms with Crippen LogP contribution in [0.5, 0.6) is 0 Å². The zero-order valence-corrected chi connectivity index (χ0v) is 18.3. The van der Waals surface area contributed by atoms with Gasteiger partial charge in [-0.1, -0.05) is 6.58 Å². The molecule has 4 aliphatic carbocycles. The van der Waals surface area contributed by atoms with Crippen LogP contribution in [-0.2, 0) is 19.1 Å². The standard InChI is InChI=1S/C21H21F11O4/c1-2-14(33)36-16(12-4-10-3-11(6-12)7-13(16)5-10)8-15(34)35-9-17(22,23)18(24,25)19(26,27)20(28,29)21(30,31)32/h2,10-13H,1,3-9H2. The third-order valence-corrected chi connectivity index (χ3v) is 7.42. The summed E-state index contributed by atoms with van der Waals surface area (Å²) >= 11 is 0. The molecule has 4 fully saturated rings. The number of hydrogen-bond acceptors (Lipinski definition) is 4. The van der Waals surface area contributed by atoms with E-state index in [4.69, 9.17) is 4.74 Å². The maximum atomic E-state index is 13.9. The highest BCUT2D eigenvalue weighted by molar-refractivity contribution is 5.82. The van der Waals surface area contributed by atoms with Gasteiger partial charge in [0.25, 0.3) is 0 Å². The molecule has 0 unspecified atom stereocenters. The highest BCUT2D eigenvalue weighted by Gasteiger charge is 2.87. The molecule has 4 aliphatic rings. The van der Waals surface area contributed by atoms with E-state index in [1.54, 1.807) is 0 Å². The van der Waals surface area contributed by atoms with Gasteiger partial charge < -0.3 is 9.47 Å². The van der Waals surface area contributed by atoms with E-state index in [9.17, 15) is 57.9 Å². The molecular formula is C21H21F11O4. The molecule has 0 aromatic rings. The van der Waals surface area contributed by atoms with Gasteiger partial charge in [0.15, 0.2) is 6.61 Å². The van der Waals surface area contributed by atoms with Crippen molar-refractivity contribution < 1.29 is 67.4 Å². The van der Waals surface area contributed by atoms with E-state index in [-0.39, 0.29) is 11.8 Å². The minimum atomic E-state index is -7.59. The van der Waals surface area contributed by atoms with Crippen LogP contribution in [0.2, 0.25) is 0 Å². The van der Waals surface area contributed by atoms with Crippen molar-refractivity contribution in [3.8, 4) is 0 Å². The first kappa shape index (κ1) is 28.5. The minimum absolute atomic E-state index is 0.250. The van der Waals surface area contributed by atoms with Gasteiger partial charge >= 0.3 is 41.8 Å². The molecular weight excluding hydrogens is 525 g/mol. The SMILES string of the molecule is C=CC(=O)OC1(CC(=O)OCC(F)(F)C(F)(F)C(F)(F)C(F)(F)C(F)(F)F)C2CC3CC(C2)CC1C3. The molecule has 0 saturated heterocycles. The number of hydrogen-bond donors (Lipinski definition) is 0. The Balaban J connectivity index is 1.77. The lowest BCUT2D eigenvalue weighted by molar-refractivity contribution is -0.423. The highest BCUT2D eigenvalue weighted by Crippen LogP contribution is 2.61. The first-order valence-corrected chi connectivity index (χ1v) is 10.8. The molecule has 0 atom stereocenters. The lowest BCUT2D eigenvalue weighted by atomic mass is 9.49. The summed E-state index contributed by atoms with van der Waals surface area (Å²) in [6.07, 6.45) is -4.55. The zero-order chi connectivity index (χ0) is 27.5. The molecule has 4 rings (SSSR count). The van der Waals surface area contributed by atoms with Gasteiger partial charge in [0, 0.05) is 17.9 Å². The van der Waals surface area contributed by atoms with Crippen molar-refractivity contribution in [3.63, 3.8) is 0 Å². The Kier molecular flexibility index (Phi) is 6.92. The Bertz CT molecular complexity index is 869. The quantitative estimate of drug-likeness (QED) is 0.204. The molecule has 36 heavy (non-hydrogen) atoms. The number of halogens is 11. The second kappa shape index (κ2) is 8.74. The molecule has 4 saturated carbocycles. The van der Waals surface area contributed by atoms with E-state index >= 15 is 0 Å². The van der Waals surface area contributed by atoms with E-state index in [0.29, 0.717) is 25.7 Å². The summed E-state index contributed by atoms with van der Waals surface area (Å²) in [6.45, 7) is 0.302. The fourth-order valence-corrected chi connectivity index (χ4v) is 5.85. The van der Waals surface area contributed by atoms with Crippen LogP contribution in [0.1, 0.15) is 38.5 Å². The summed E-state index contributed by atoms with van der Waals surface area (Å²) in [5.74, 6) is -31.7. The second-order valence-corrected chi connectivity index (χ2v) is 9.65. The molecule has 4 bridgehead atoms. The Morgan fingerprint density at radius 1 is 0.778 bits per heavy atom. The van der Waals surface area contributed by atoms with Crippen LogP contribution in [-0.4, -0.2) is 54.0 Å². The van der Waals surface area contributed by atoms with E-state index in [2.05, 4.69) is 11.3 Å². The summed E-state index contributed by atoms with van der Waals surface area (Å²) in [4.78, 5) is 24.3. The third kappa shape index (κ3) is 4.33. The number of carbonyl (C=O) groups is 2. The van der Waals surface area contributed by atoms with Gasteiger partial charge in [-0.2, -0.15) is 48.3 Å². The normalized spacial score (nSPS) is 30.8. The van der Waals surface area contributed by atoms with Gasteiger partial charge in [-0.3, -0.25) is 4.79 Å². The van der Waals surface area contributed by atoms with Gasteiger partial charge in [-0.05, 0) is 43.9 Å². The molecule has 0 spiro atoms. The minimum Gasteiger partial charge on any atom is -0.459 e. The molecule has 0 heterocycles. The first-order valence-electron chi connectivity index (χ1n) is 10.8. The van der Waals surface area contributed by atoms with Gasteiger partial charge in [-0.25, -0.2) is 4.79 Å². The van der Waals surface area contributed by atoms with Crippen molar-refractivity contribution in [2.24, 2.45) is 23.7 Å². The van der Waals surface area contributed by atoms with Gasteiger partial charge in [-0.15, -0.1) is 0 Å². The molecule has 0 amide bonds. The fourth-order valence-electron chi connectivity index (χ4n) is 5.85. The fraction of sp³-hybridized carbons (Fsp3) is 0.810. The van der Waals surface area contributed by atoms with E-state index < -0.39 is 72.3 Å². The van der Waals surface area contributed by atoms with Crippen LogP contribution in [0.3, 0.4) is 0 Å². The topological polar surface area (TPSA) is 52.6 Å². The molecule has 0 N–H and O–H groups in total. The van der Waals surface area contributed by atoms with Crippen LogP contribution < -0.4 is 0 Å². The van der Waals surface area contributed by atoms with Crippen molar-refractivity contribution in [3.05, 3.63) is 12.7 Å². The molecule has 0 aromatic carbocycles. The number of ether oxygens (including phenoxy) is 2. The van der Waals surface area contributed by atoms with Crippen molar-refractivity contribution >= 4 is 11.9 Å². The molecule has 4 nitrogen and oxygen atoms in total. The van der Waals surface area contributed by atoms with Crippen molar-refractivity contribution in [2.75, 3.05) is 6.61 Å². The Hall–Kier alpha value is -2.09. The summed E-state index contributed by atoms with van der Waals surface area (Å²) in [5, 5.41) is 0. The van der Waals surface area contributed by atoms with Crippen LogP contribution >= 0.6 is 0 Å². The van der Waals surface area contributed by atoms with Gasteiger partial charge in [0.1, 0.15) is 5.60 Å². The van der Waals surface area contributed by atoms with Crippen LogP contribution in [0.15, 0.2) is 12.7 Å². The number of rotatable bonds is 9. The molecule has 0 radical (unpaired) electrons. The molecule has 15 heteroatoms. The monoisotopic (exact) mass is 546 g/mol. The maximum Gasteiger partial charge on any atom is 0.460 e. The first-order chi connectivity index (χ1) is 16.2. The van der Waals surface area contributed by atoms with Crippen molar-refractivity contribution in [1.29, 1.82) is 0 Å². The Morgan fingerprint density at radius 2 is 1.25 bits per heavy atom. The predicted octanol–water partition coefficient (Wildman–Crippen LogP) is 5.95. The van der Waals surface area contributed by atoms with Gasteiger partial charge in [0.2, 0.25) is 0 Å². The summed E-state index contributed by atoms with van der Waals surface area (Å²) in [7, 11) is 0. The van der Waals surface area contributed by atoms with Gasteiger partial charge in [0.05, 0.1) is 6.42 Å². The smallest absolute Gasteiger partial charge is 0.459 e. The largest absolute Gasteiger partial charge is 0.460 e.